The molecule has 0 aliphatic heterocycles. The molecule has 0 aromatic heterocycles. The van der Waals surface area contributed by atoms with Gasteiger partial charge in [0.1, 0.15) is 0 Å². The number of rotatable bonds is 5. The maximum atomic E-state index is 13.1. The third-order valence-electron chi connectivity index (χ3n) is 4.13. The van der Waals surface area contributed by atoms with Crippen LogP contribution in [0, 0.1) is 18.9 Å². The number of hydrogen-bond acceptors (Lipinski definition) is 2. The minimum atomic E-state index is -3.74. The zero-order valence-corrected chi connectivity index (χ0v) is 16.4. The maximum Gasteiger partial charge on any atom is 0.271 e. The van der Waals surface area contributed by atoms with Gasteiger partial charge in [0.2, 0.25) is 0 Å². The van der Waals surface area contributed by atoms with Crippen molar-refractivity contribution in [1.82, 2.24) is 4.31 Å². The van der Waals surface area contributed by atoms with Crippen molar-refractivity contribution < 1.29 is 8.42 Å². The molecule has 0 amide bonds. The number of sulfonamides is 1. The predicted molar refractivity (Wildman–Crippen MR) is 114 cm³/mol. The van der Waals surface area contributed by atoms with Gasteiger partial charge in [-0.2, -0.15) is 0 Å². The number of aryl methyl sites for hydroxylation is 1. The highest BCUT2D eigenvalue weighted by Gasteiger charge is 2.22. The first-order valence-electron chi connectivity index (χ1n) is 8.92. The van der Waals surface area contributed by atoms with E-state index in [4.69, 9.17) is 0 Å². The standard InChI is InChI=1S/C24H21NO2S/c1-21-15-17-24(18-16-21)28(26,27)25(20-23-13-6-3-7-14-23)19-9-8-12-22-10-4-2-5-11-22/h2-8,10-18H,20H2,1H3/b12-8-. The molecule has 0 radical (unpaired) electrons. The lowest BCUT2D eigenvalue weighted by atomic mass is 10.2. The van der Waals surface area contributed by atoms with E-state index in [0.29, 0.717) is 0 Å². The quantitative estimate of drug-likeness (QED) is 0.463. The molecule has 0 bridgehead atoms. The van der Waals surface area contributed by atoms with Crippen LogP contribution in [-0.4, -0.2) is 12.7 Å². The van der Waals surface area contributed by atoms with Gasteiger partial charge in [0.25, 0.3) is 10.0 Å². The molecule has 0 aliphatic rings. The van der Waals surface area contributed by atoms with Gasteiger partial charge in [0.15, 0.2) is 0 Å². The largest absolute Gasteiger partial charge is 0.271 e. The first-order valence-corrected chi connectivity index (χ1v) is 10.4. The summed E-state index contributed by atoms with van der Waals surface area (Å²) in [7, 11) is -3.74. The van der Waals surface area contributed by atoms with E-state index in [0.717, 1.165) is 16.7 Å². The molecular formula is C24H21NO2S. The second-order valence-corrected chi connectivity index (χ2v) is 8.17. The van der Waals surface area contributed by atoms with Crippen LogP contribution in [0.5, 0.6) is 0 Å². The maximum absolute atomic E-state index is 13.1. The molecule has 3 aromatic rings. The fourth-order valence-electron chi connectivity index (χ4n) is 2.58. The highest BCUT2D eigenvalue weighted by atomic mass is 32.2. The first-order chi connectivity index (χ1) is 13.6. The van der Waals surface area contributed by atoms with Crippen LogP contribution in [0.2, 0.25) is 0 Å². The van der Waals surface area contributed by atoms with E-state index in [1.807, 2.05) is 73.7 Å². The summed E-state index contributed by atoms with van der Waals surface area (Å²) in [5.41, 5.74) is 2.89. The van der Waals surface area contributed by atoms with Crippen molar-refractivity contribution in [2.24, 2.45) is 0 Å². The molecular weight excluding hydrogens is 366 g/mol. The summed E-state index contributed by atoms with van der Waals surface area (Å²) in [6.07, 6.45) is 3.52. The van der Waals surface area contributed by atoms with Crippen molar-refractivity contribution in [1.29, 1.82) is 0 Å². The van der Waals surface area contributed by atoms with Crippen LogP contribution in [-0.2, 0) is 16.6 Å². The van der Waals surface area contributed by atoms with E-state index < -0.39 is 10.0 Å². The van der Waals surface area contributed by atoms with Gasteiger partial charge in [-0.25, -0.2) is 12.7 Å². The summed E-state index contributed by atoms with van der Waals surface area (Å²) in [6.45, 7) is 2.11. The molecule has 3 rings (SSSR count). The van der Waals surface area contributed by atoms with E-state index in [2.05, 4.69) is 12.0 Å². The van der Waals surface area contributed by atoms with E-state index in [1.165, 1.54) is 4.31 Å². The second-order valence-electron chi connectivity index (χ2n) is 6.31. The van der Waals surface area contributed by atoms with Crippen LogP contribution < -0.4 is 0 Å². The monoisotopic (exact) mass is 387 g/mol. The minimum absolute atomic E-state index is 0.184. The first kappa shape index (κ1) is 19.5. The Morgan fingerprint density at radius 2 is 1.46 bits per heavy atom. The zero-order valence-electron chi connectivity index (χ0n) is 15.6. The fourth-order valence-corrected chi connectivity index (χ4v) is 3.81. The van der Waals surface area contributed by atoms with Crippen molar-refractivity contribution in [3.8, 4) is 12.0 Å². The van der Waals surface area contributed by atoms with Crippen LogP contribution in [0.4, 0.5) is 0 Å². The van der Waals surface area contributed by atoms with Crippen molar-refractivity contribution in [2.45, 2.75) is 18.4 Å². The number of nitrogens with zero attached hydrogens (tertiary/aromatic N) is 1. The summed E-state index contributed by atoms with van der Waals surface area (Å²) in [5.74, 6) is 2.86. The topological polar surface area (TPSA) is 37.4 Å². The highest BCUT2D eigenvalue weighted by molar-refractivity contribution is 7.89. The molecule has 0 saturated heterocycles. The van der Waals surface area contributed by atoms with Crippen molar-refractivity contribution in [2.75, 3.05) is 0 Å². The average molecular weight is 388 g/mol. The lowest BCUT2D eigenvalue weighted by Gasteiger charge is -2.18. The van der Waals surface area contributed by atoms with Gasteiger partial charge >= 0.3 is 0 Å². The third kappa shape index (κ3) is 5.12. The summed E-state index contributed by atoms with van der Waals surface area (Å²) >= 11 is 0. The lowest BCUT2D eigenvalue weighted by molar-refractivity contribution is 0.508. The Balaban J connectivity index is 1.90. The number of benzene rings is 3. The lowest BCUT2D eigenvalue weighted by Crippen LogP contribution is -2.26. The van der Waals surface area contributed by atoms with E-state index >= 15 is 0 Å². The summed E-state index contributed by atoms with van der Waals surface area (Å²) < 4.78 is 27.4. The predicted octanol–water partition coefficient (Wildman–Crippen LogP) is 4.86. The SMILES string of the molecule is Cc1ccc(S(=O)(=O)N(C#C/C=C\c2ccccc2)Cc2ccccc2)cc1. The van der Waals surface area contributed by atoms with Crippen molar-refractivity contribution in [3.05, 3.63) is 108 Å². The molecule has 0 spiro atoms. The molecule has 0 atom stereocenters. The molecule has 3 nitrogen and oxygen atoms in total. The summed E-state index contributed by atoms with van der Waals surface area (Å²) in [4.78, 5) is 0.232. The smallest absolute Gasteiger partial charge is 0.220 e. The van der Waals surface area contributed by atoms with E-state index in [9.17, 15) is 8.42 Å². The molecule has 4 heteroatoms. The number of allylic oxidation sites excluding steroid dienone is 1. The Morgan fingerprint density at radius 3 is 2.11 bits per heavy atom. The van der Waals surface area contributed by atoms with Gasteiger partial charge < -0.3 is 0 Å². The van der Waals surface area contributed by atoms with Crippen LogP contribution in [0.1, 0.15) is 16.7 Å². The molecule has 0 heterocycles. The summed E-state index contributed by atoms with van der Waals surface area (Å²) in [6, 6.07) is 28.8. The second kappa shape index (κ2) is 9.07. The zero-order chi connectivity index (χ0) is 19.8. The molecule has 0 aliphatic carbocycles. The molecule has 0 N–H and O–H groups in total. The van der Waals surface area contributed by atoms with E-state index in [-0.39, 0.29) is 11.4 Å². The van der Waals surface area contributed by atoms with Gasteiger partial charge in [0.05, 0.1) is 11.4 Å². The molecule has 0 unspecified atom stereocenters. The van der Waals surface area contributed by atoms with Crippen LogP contribution >= 0.6 is 0 Å². The molecule has 28 heavy (non-hydrogen) atoms. The molecule has 0 fully saturated rings. The van der Waals surface area contributed by atoms with Crippen molar-refractivity contribution in [3.63, 3.8) is 0 Å². The van der Waals surface area contributed by atoms with E-state index in [1.54, 1.807) is 30.3 Å². The van der Waals surface area contributed by atoms with Gasteiger partial charge in [0, 0.05) is 6.04 Å². The van der Waals surface area contributed by atoms with Gasteiger partial charge in [-0.1, -0.05) is 84.3 Å². The van der Waals surface area contributed by atoms with Crippen molar-refractivity contribution >= 4 is 16.1 Å². The normalized spacial score (nSPS) is 11.0. The number of hydrogen-bond donors (Lipinski definition) is 0. The molecule has 3 aromatic carbocycles. The molecule has 0 saturated carbocycles. The van der Waals surface area contributed by atoms with Gasteiger partial charge in [-0.3, -0.25) is 0 Å². The minimum Gasteiger partial charge on any atom is -0.220 e. The Bertz CT molecular complexity index is 1090. The third-order valence-corrected chi connectivity index (χ3v) is 5.79. The van der Waals surface area contributed by atoms with Gasteiger partial charge in [-0.05, 0) is 42.3 Å². The molecule has 140 valence electrons. The fraction of sp³-hybridized carbons (Fsp3) is 0.0833. The Hall–Kier alpha value is -3.29. The Morgan fingerprint density at radius 1 is 0.857 bits per heavy atom. The van der Waals surface area contributed by atoms with Crippen LogP contribution in [0.3, 0.4) is 0 Å². The Labute approximate surface area is 167 Å². The summed E-state index contributed by atoms with van der Waals surface area (Å²) in [5, 5.41) is 0. The average Bonchev–Trinajstić information content (AvgIpc) is 2.72. The van der Waals surface area contributed by atoms with Crippen LogP contribution in [0.15, 0.2) is 95.9 Å². The van der Waals surface area contributed by atoms with Crippen LogP contribution in [0.25, 0.3) is 6.08 Å². The van der Waals surface area contributed by atoms with Gasteiger partial charge in [-0.15, -0.1) is 0 Å². The Kier molecular flexibility index (Phi) is 6.31. The highest BCUT2D eigenvalue weighted by Crippen LogP contribution is 2.18.